The smallest absolute Gasteiger partial charge is 0.320 e. The van der Waals surface area contributed by atoms with Crippen LogP contribution in [0.4, 0.5) is 0 Å². The second-order valence-corrected chi connectivity index (χ2v) is 4.21. The molecule has 0 saturated heterocycles. The van der Waals surface area contributed by atoms with Gasteiger partial charge in [0.05, 0.1) is 0 Å². The highest BCUT2D eigenvalue weighted by Gasteiger charge is 2.11. The van der Waals surface area contributed by atoms with Gasteiger partial charge in [-0.05, 0) is 36.2 Å². The van der Waals surface area contributed by atoms with E-state index in [0.29, 0.717) is 12.2 Å². The van der Waals surface area contributed by atoms with Crippen LogP contribution in [0.2, 0.25) is 0 Å². The van der Waals surface area contributed by atoms with Crippen molar-refractivity contribution in [3.63, 3.8) is 0 Å². The molecule has 2 aromatic rings. The first-order valence-electron chi connectivity index (χ1n) is 5.95. The monoisotopic (exact) mass is 257 g/mol. The third-order valence-electron chi connectivity index (χ3n) is 2.68. The lowest BCUT2D eigenvalue weighted by Gasteiger charge is -2.08. The molecule has 0 unspecified atom stereocenters. The van der Waals surface area contributed by atoms with Gasteiger partial charge in [0.25, 0.3) is 0 Å². The van der Waals surface area contributed by atoms with Crippen LogP contribution in [0.25, 0.3) is 0 Å². The number of benzene rings is 2. The highest BCUT2D eigenvalue weighted by molar-refractivity contribution is 5.73. The van der Waals surface area contributed by atoms with E-state index in [0.717, 1.165) is 11.3 Å². The molecule has 0 aromatic heterocycles. The van der Waals surface area contributed by atoms with Gasteiger partial charge in [0, 0.05) is 0 Å². The van der Waals surface area contributed by atoms with Crippen LogP contribution in [-0.4, -0.2) is 17.1 Å². The van der Waals surface area contributed by atoms with Crippen molar-refractivity contribution in [2.24, 2.45) is 5.73 Å². The number of ether oxygens (including phenoxy) is 1. The normalized spacial score (nSPS) is 11.8. The Morgan fingerprint density at radius 1 is 1.05 bits per heavy atom. The molecule has 19 heavy (non-hydrogen) atoms. The van der Waals surface area contributed by atoms with Gasteiger partial charge in [-0.15, -0.1) is 0 Å². The van der Waals surface area contributed by atoms with Crippen LogP contribution >= 0.6 is 0 Å². The van der Waals surface area contributed by atoms with Gasteiger partial charge >= 0.3 is 5.97 Å². The lowest BCUT2D eigenvalue weighted by molar-refractivity contribution is -0.138. The van der Waals surface area contributed by atoms with Crippen molar-refractivity contribution in [2.75, 3.05) is 0 Å². The quantitative estimate of drug-likeness (QED) is 0.862. The van der Waals surface area contributed by atoms with Crippen molar-refractivity contribution in [1.29, 1.82) is 0 Å². The maximum absolute atomic E-state index is 10.7. The van der Waals surface area contributed by atoms with Crippen LogP contribution in [0, 0.1) is 0 Å². The second kappa shape index (κ2) is 6.02. The zero-order chi connectivity index (χ0) is 13.7. The second-order valence-electron chi connectivity index (χ2n) is 4.21. The van der Waals surface area contributed by atoms with Gasteiger partial charge < -0.3 is 15.6 Å². The molecule has 0 amide bonds. The Balaban J connectivity index is 2.01. The van der Waals surface area contributed by atoms with Crippen molar-refractivity contribution in [3.8, 4) is 11.5 Å². The standard InChI is InChI=1S/C15H15NO3/c16-14(15(17)18)10-11-6-8-13(9-7-11)19-12-4-2-1-3-5-12/h1-9,14H,10,16H2,(H,17,18)/t14-/m0/s1. The zero-order valence-electron chi connectivity index (χ0n) is 10.3. The molecular weight excluding hydrogens is 242 g/mol. The van der Waals surface area contributed by atoms with Crippen molar-refractivity contribution in [3.05, 3.63) is 60.2 Å². The summed E-state index contributed by atoms with van der Waals surface area (Å²) in [5.74, 6) is 0.473. The molecule has 0 spiro atoms. The van der Waals surface area contributed by atoms with E-state index in [4.69, 9.17) is 15.6 Å². The Kier molecular flexibility index (Phi) is 4.15. The van der Waals surface area contributed by atoms with Crippen LogP contribution < -0.4 is 10.5 Å². The molecule has 0 aliphatic carbocycles. The predicted molar refractivity (Wildman–Crippen MR) is 72.3 cm³/mol. The predicted octanol–water partition coefficient (Wildman–Crippen LogP) is 2.43. The summed E-state index contributed by atoms with van der Waals surface area (Å²) < 4.78 is 5.64. The SMILES string of the molecule is N[C@@H](Cc1ccc(Oc2ccccc2)cc1)C(=O)O. The zero-order valence-corrected chi connectivity index (χ0v) is 10.3. The van der Waals surface area contributed by atoms with Gasteiger partial charge in [0.2, 0.25) is 0 Å². The van der Waals surface area contributed by atoms with E-state index in [9.17, 15) is 4.79 Å². The van der Waals surface area contributed by atoms with E-state index >= 15 is 0 Å². The average Bonchev–Trinajstić information content (AvgIpc) is 2.42. The summed E-state index contributed by atoms with van der Waals surface area (Å²) in [6, 6.07) is 15.8. The molecule has 2 rings (SSSR count). The molecule has 0 aliphatic heterocycles. The number of aliphatic carboxylic acids is 1. The summed E-state index contributed by atoms with van der Waals surface area (Å²) in [5, 5.41) is 8.74. The van der Waals surface area contributed by atoms with E-state index in [1.54, 1.807) is 12.1 Å². The number of carbonyl (C=O) groups is 1. The number of hydrogen-bond acceptors (Lipinski definition) is 3. The molecule has 3 N–H and O–H groups in total. The Morgan fingerprint density at radius 3 is 2.21 bits per heavy atom. The van der Waals surface area contributed by atoms with Gasteiger partial charge in [0.1, 0.15) is 17.5 Å². The highest BCUT2D eigenvalue weighted by atomic mass is 16.5. The van der Waals surface area contributed by atoms with Crippen molar-refractivity contribution in [2.45, 2.75) is 12.5 Å². The summed E-state index contributed by atoms with van der Waals surface area (Å²) in [7, 11) is 0. The van der Waals surface area contributed by atoms with Crippen LogP contribution in [0.1, 0.15) is 5.56 Å². The van der Waals surface area contributed by atoms with Gasteiger partial charge in [-0.25, -0.2) is 0 Å². The molecule has 4 heteroatoms. The van der Waals surface area contributed by atoms with Gasteiger partial charge in [-0.1, -0.05) is 30.3 Å². The first-order valence-corrected chi connectivity index (χ1v) is 5.95. The molecule has 0 radical (unpaired) electrons. The molecule has 2 aromatic carbocycles. The fourth-order valence-corrected chi connectivity index (χ4v) is 1.66. The largest absolute Gasteiger partial charge is 0.480 e. The van der Waals surface area contributed by atoms with E-state index in [1.165, 1.54) is 0 Å². The van der Waals surface area contributed by atoms with E-state index in [-0.39, 0.29) is 0 Å². The van der Waals surface area contributed by atoms with Gasteiger partial charge in [0.15, 0.2) is 0 Å². The first-order chi connectivity index (χ1) is 9.15. The molecule has 0 fully saturated rings. The fraction of sp³-hybridized carbons (Fsp3) is 0.133. The van der Waals surface area contributed by atoms with E-state index in [2.05, 4.69) is 0 Å². The molecule has 0 heterocycles. The average molecular weight is 257 g/mol. The summed E-state index contributed by atoms with van der Waals surface area (Å²) >= 11 is 0. The number of rotatable bonds is 5. The van der Waals surface area contributed by atoms with Gasteiger partial charge in [-0.3, -0.25) is 4.79 Å². The Hall–Kier alpha value is -2.33. The van der Waals surface area contributed by atoms with Crippen LogP contribution in [0.5, 0.6) is 11.5 Å². The molecular formula is C15H15NO3. The Bertz CT molecular complexity index is 537. The third-order valence-corrected chi connectivity index (χ3v) is 2.68. The van der Waals surface area contributed by atoms with E-state index in [1.807, 2.05) is 42.5 Å². The fourth-order valence-electron chi connectivity index (χ4n) is 1.66. The number of nitrogens with two attached hydrogens (primary N) is 1. The number of para-hydroxylation sites is 1. The van der Waals surface area contributed by atoms with Crippen LogP contribution in [-0.2, 0) is 11.2 Å². The molecule has 0 bridgehead atoms. The van der Waals surface area contributed by atoms with Crippen molar-refractivity contribution < 1.29 is 14.6 Å². The maximum Gasteiger partial charge on any atom is 0.320 e. The summed E-state index contributed by atoms with van der Waals surface area (Å²) in [6.07, 6.45) is 0.306. The third kappa shape index (κ3) is 3.82. The lowest BCUT2D eigenvalue weighted by Crippen LogP contribution is -2.32. The minimum atomic E-state index is -0.996. The minimum Gasteiger partial charge on any atom is -0.480 e. The summed E-state index contributed by atoms with van der Waals surface area (Å²) in [6.45, 7) is 0. The topological polar surface area (TPSA) is 72.5 Å². The first kappa shape index (κ1) is 13.1. The molecule has 0 saturated carbocycles. The van der Waals surface area contributed by atoms with Crippen LogP contribution in [0.15, 0.2) is 54.6 Å². The Labute approximate surface area is 111 Å². The molecule has 1 atom stereocenters. The van der Waals surface area contributed by atoms with Crippen LogP contribution in [0.3, 0.4) is 0 Å². The Morgan fingerprint density at radius 2 is 1.63 bits per heavy atom. The van der Waals surface area contributed by atoms with Crippen molar-refractivity contribution in [1.82, 2.24) is 0 Å². The van der Waals surface area contributed by atoms with Gasteiger partial charge in [-0.2, -0.15) is 0 Å². The molecule has 4 nitrogen and oxygen atoms in total. The number of hydrogen-bond donors (Lipinski definition) is 2. The summed E-state index contributed by atoms with van der Waals surface area (Å²) in [5.41, 5.74) is 6.35. The summed E-state index contributed by atoms with van der Waals surface area (Å²) in [4.78, 5) is 10.7. The van der Waals surface area contributed by atoms with E-state index < -0.39 is 12.0 Å². The minimum absolute atomic E-state index is 0.306. The molecule has 0 aliphatic rings. The molecule has 98 valence electrons. The highest BCUT2D eigenvalue weighted by Crippen LogP contribution is 2.21. The maximum atomic E-state index is 10.7. The number of carboxylic acids is 1. The van der Waals surface area contributed by atoms with Crippen molar-refractivity contribution >= 4 is 5.97 Å². The number of carboxylic acid groups (broad SMARTS) is 1. The lowest BCUT2D eigenvalue weighted by atomic mass is 10.1.